The zero-order valence-corrected chi connectivity index (χ0v) is 11.9. The lowest BCUT2D eigenvalue weighted by atomic mass is 10.2. The quantitative estimate of drug-likeness (QED) is 0.606. The smallest absolute Gasteiger partial charge is 0.341 e. The van der Waals surface area contributed by atoms with Crippen molar-refractivity contribution in [2.24, 2.45) is 0 Å². The third-order valence-electron chi connectivity index (χ3n) is 2.45. The fourth-order valence-electron chi connectivity index (χ4n) is 1.58. The Labute approximate surface area is 118 Å². The van der Waals surface area contributed by atoms with Gasteiger partial charge < -0.3 is 20.5 Å². The number of anilines is 1. The molecule has 3 N–H and O–H groups in total. The van der Waals surface area contributed by atoms with E-state index < -0.39 is 5.97 Å². The molecule has 0 fully saturated rings. The molecule has 0 saturated carbocycles. The van der Waals surface area contributed by atoms with Crippen LogP contribution in [0.15, 0.2) is 18.2 Å². The second-order valence-electron chi connectivity index (χ2n) is 4.57. The number of carbonyl (C=O) groups excluding carboxylic acids is 2. The van der Waals surface area contributed by atoms with Crippen molar-refractivity contribution in [2.45, 2.75) is 26.3 Å². The van der Waals surface area contributed by atoms with Crippen molar-refractivity contribution in [1.29, 1.82) is 0 Å². The molecule has 1 amide bonds. The number of ether oxygens (including phenoxy) is 2. The highest BCUT2D eigenvalue weighted by Crippen LogP contribution is 2.22. The molecule has 0 aromatic heterocycles. The topological polar surface area (TPSA) is 90.7 Å². The van der Waals surface area contributed by atoms with Crippen LogP contribution in [0.25, 0.3) is 0 Å². The molecule has 6 heteroatoms. The molecule has 0 unspecified atom stereocenters. The number of rotatable bonds is 6. The Morgan fingerprint density at radius 1 is 1.35 bits per heavy atom. The standard InChI is InChI=1S/C14H20N2O4/c1-9(2)16-13(17)6-7-20-12-8-10(15)4-5-11(12)14(18)19-3/h4-5,8-9H,6-7,15H2,1-3H3,(H,16,17). The Balaban J connectivity index is 2.65. The minimum absolute atomic E-state index is 0.0838. The second-order valence-corrected chi connectivity index (χ2v) is 4.57. The lowest BCUT2D eigenvalue weighted by Crippen LogP contribution is -2.31. The van der Waals surface area contributed by atoms with Crippen molar-refractivity contribution < 1.29 is 19.1 Å². The average molecular weight is 280 g/mol. The Morgan fingerprint density at radius 2 is 2.05 bits per heavy atom. The van der Waals surface area contributed by atoms with Crippen LogP contribution in [0.5, 0.6) is 5.75 Å². The maximum absolute atomic E-state index is 11.6. The van der Waals surface area contributed by atoms with E-state index in [-0.39, 0.29) is 30.5 Å². The number of hydrogen-bond acceptors (Lipinski definition) is 5. The van der Waals surface area contributed by atoms with E-state index in [0.717, 1.165) is 0 Å². The summed E-state index contributed by atoms with van der Waals surface area (Å²) in [6, 6.07) is 4.74. The highest BCUT2D eigenvalue weighted by atomic mass is 16.5. The molecule has 0 aliphatic carbocycles. The zero-order valence-electron chi connectivity index (χ0n) is 11.9. The van der Waals surface area contributed by atoms with Gasteiger partial charge in [-0.1, -0.05) is 0 Å². The van der Waals surface area contributed by atoms with Crippen LogP contribution >= 0.6 is 0 Å². The van der Waals surface area contributed by atoms with Gasteiger partial charge in [-0.05, 0) is 26.0 Å². The van der Waals surface area contributed by atoms with Crippen LogP contribution in [0, 0.1) is 0 Å². The van der Waals surface area contributed by atoms with Crippen molar-refractivity contribution >= 4 is 17.6 Å². The van der Waals surface area contributed by atoms with Gasteiger partial charge in [0.2, 0.25) is 5.91 Å². The summed E-state index contributed by atoms with van der Waals surface area (Å²) in [4.78, 5) is 23.0. The number of amides is 1. The van der Waals surface area contributed by atoms with Crippen molar-refractivity contribution in [2.75, 3.05) is 19.5 Å². The summed E-state index contributed by atoms with van der Waals surface area (Å²) >= 11 is 0. The highest BCUT2D eigenvalue weighted by Gasteiger charge is 2.14. The monoisotopic (exact) mass is 280 g/mol. The van der Waals surface area contributed by atoms with Gasteiger partial charge in [-0.15, -0.1) is 0 Å². The van der Waals surface area contributed by atoms with Gasteiger partial charge in [0.1, 0.15) is 11.3 Å². The van der Waals surface area contributed by atoms with Gasteiger partial charge in [-0.25, -0.2) is 4.79 Å². The molecule has 0 heterocycles. The maximum atomic E-state index is 11.6. The molecule has 20 heavy (non-hydrogen) atoms. The molecular formula is C14H20N2O4. The summed E-state index contributed by atoms with van der Waals surface area (Å²) in [5.41, 5.74) is 6.41. The molecule has 1 aromatic carbocycles. The van der Waals surface area contributed by atoms with Crippen LogP contribution in [0.3, 0.4) is 0 Å². The molecule has 6 nitrogen and oxygen atoms in total. The SMILES string of the molecule is COC(=O)c1ccc(N)cc1OCCC(=O)NC(C)C. The fourth-order valence-corrected chi connectivity index (χ4v) is 1.58. The molecular weight excluding hydrogens is 260 g/mol. The van der Waals surface area contributed by atoms with Gasteiger partial charge in [-0.3, -0.25) is 4.79 Å². The number of hydrogen-bond donors (Lipinski definition) is 2. The molecule has 0 radical (unpaired) electrons. The van der Waals surface area contributed by atoms with Crippen LogP contribution in [0.1, 0.15) is 30.6 Å². The largest absolute Gasteiger partial charge is 0.492 e. The molecule has 0 spiro atoms. The van der Waals surface area contributed by atoms with E-state index in [9.17, 15) is 9.59 Å². The third-order valence-corrected chi connectivity index (χ3v) is 2.45. The summed E-state index contributed by atoms with van der Waals surface area (Å²) in [7, 11) is 1.29. The number of nitrogens with two attached hydrogens (primary N) is 1. The molecule has 110 valence electrons. The number of esters is 1. The summed E-state index contributed by atoms with van der Waals surface area (Å²) in [6.45, 7) is 3.92. The lowest BCUT2D eigenvalue weighted by Gasteiger charge is -2.12. The number of benzene rings is 1. The van der Waals surface area contributed by atoms with Crippen molar-refractivity contribution in [3.8, 4) is 5.75 Å². The van der Waals surface area contributed by atoms with Gasteiger partial charge in [0.25, 0.3) is 0 Å². The number of nitrogens with one attached hydrogen (secondary N) is 1. The molecule has 0 aliphatic heterocycles. The minimum atomic E-state index is -0.508. The Hall–Kier alpha value is -2.24. The maximum Gasteiger partial charge on any atom is 0.341 e. The van der Waals surface area contributed by atoms with Gasteiger partial charge in [0.05, 0.1) is 20.1 Å². The van der Waals surface area contributed by atoms with E-state index in [1.165, 1.54) is 19.2 Å². The highest BCUT2D eigenvalue weighted by molar-refractivity contribution is 5.93. The molecule has 0 bridgehead atoms. The van der Waals surface area contributed by atoms with Crippen LogP contribution < -0.4 is 15.8 Å². The molecule has 0 saturated heterocycles. The number of methoxy groups -OCH3 is 1. The summed E-state index contributed by atoms with van der Waals surface area (Å²) in [5, 5.41) is 2.75. The average Bonchev–Trinajstić information content (AvgIpc) is 2.37. The number of nitrogen functional groups attached to an aromatic ring is 1. The van der Waals surface area contributed by atoms with E-state index in [1.54, 1.807) is 6.07 Å². The molecule has 1 aromatic rings. The second kappa shape index (κ2) is 7.37. The van der Waals surface area contributed by atoms with Gasteiger partial charge in [0.15, 0.2) is 0 Å². The van der Waals surface area contributed by atoms with Gasteiger partial charge >= 0.3 is 5.97 Å². The first kappa shape index (κ1) is 15.8. The van der Waals surface area contributed by atoms with E-state index in [4.69, 9.17) is 10.5 Å². The first-order valence-corrected chi connectivity index (χ1v) is 6.34. The predicted molar refractivity (Wildman–Crippen MR) is 75.6 cm³/mol. The Bertz CT molecular complexity index is 486. The van der Waals surface area contributed by atoms with E-state index in [1.807, 2.05) is 13.8 Å². The number of carbonyl (C=O) groups is 2. The first-order chi connectivity index (χ1) is 9.43. The van der Waals surface area contributed by atoms with Crippen LogP contribution in [-0.2, 0) is 9.53 Å². The third kappa shape index (κ3) is 4.79. The van der Waals surface area contributed by atoms with Gasteiger partial charge in [0, 0.05) is 17.8 Å². The van der Waals surface area contributed by atoms with Crippen molar-refractivity contribution in [3.63, 3.8) is 0 Å². The fraction of sp³-hybridized carbons (Fsp3) is 0.429. The van der Waals surface area contributed by atoms with E-state index in [2.05, 4.69) is 10.1 Å². The van der Waals surface area contributed by atoms with Crippen molar-refractivity contribution in [3.05, 3.63) is 23.8 Å². The zero-order chi connectivity index (χ0) is 15.1. The van der Waals surface area contributed by atoms with Crippen LogP contribution in [0.2, 0.25) is 0 Å². The minimum Gasteiger partial charge on any atom is -0.492 e. The first-order valence-electron chi connectivity index (χ1n) is 6.34. The summed E-state index contributed by atoms with van der Waals surface area (Å²) < 4.78 is 10.1. The van der Waals surface area contributed by atoms with Gasteiger partial charge in [-0.2, -0.15) is 0 Å². The molecule has 0 atom stereocenters. The Kier molecular flexibility index (Phi) is 5.83. The van der Waals surface area contributed by atoms with E-state index >= 15 is 0 Å². The summed E-state index contributed by atoms with van der Waals surface area (Å²) in [5.74, 6) is -0.302. The predicted octanol–water partition coefficient (Wildman–Crippen LogP) is 1.35. The molecule has 1 rings (SSSR count). The normalized spacial score (nSPS) is 10.2. The van der Waals surface area contributed by atoms with Crippen LogP contribution in [-0.4, -0.2) is 31.6 Å². The molecule has 0 aliphatic rings. The van der Waals surface area contributed by atoms with Crippen molar-refractivity contribution in [1.82, 2.24) is 5.32 Å². The summed E-state index contributed by atoms with van der Waals surface area (Å²) in [6.07, 6.45) is 0.202. The lowest BCUT2D eigenvalue weighted by molar-refractivity contribution is -0.122. The Morgan fingerprint density at radius 3 is 2.65 bits per heavy atom. The van der Waals surface area contributed by atoms with Crippen LogP contribution in [0.4, 0.5) is 5.69 Å². The van der Waals surface area contributed by atoms with E-state index in [0.29, 0.717) is 11.4 Å².